The highest BCUT2D eigenvalue weighted by atomic mass is 16.5. The summed E-state index contributed by atoms with van der Waals surface area (Å²) in [6.07, 6.45) is 4.66. The molecule has 0 atom stereocenters. The van der Waals surface area contributed by atoms with Gasteiger partial charge in [-0.3, -0.25) is 4.79 Å². The molecule has 0 aliphatic carbocycles. The van der Waals surface area contributed by atoms with Gasteiger partial charge in [0.2, 0.25) is 5.75 Å². The molecule has 0 spiro atoms. The van der Waals surface area contributed by atoms with Crippen LogP contribution in [0.15, 0.2) is 51.7 Å². The van der Waals surface area contributed by atoms with E-state index in [1.807, 2.05) is 12.1 Å². The second kappa shape index (κ2) is 7.43. The van der Waals surface area contributed by atoms with Gasteiger partial charge >= 0.3 is 0 Å². The molecule has 0 saturated carbocycles. The van der Waals surface area contributed by atoms with Crippen molar-refractivity contribution in [2.24, 2.45) is 0 Å². The quantitative estimate of drug-likeness (QED) is 0.649. The van der Waals surface area contributed by atoms with Gasteiger partial charge < -0.3 is 14.3 Å². The van der Waals surface area contributed by atoms with Crippen molar-refractivity contribution in [2.75, 3.05) is 7.11 Å². The third-order valence-corrected chi connectivity index (χ3v) is 4.34. The molecule has 0 amide bonds. The Morgan fingerprint density at radius 3 is 2.52 bits per heavy atom. The predicted octanol–water partition coefficient (Wildman–Crippen LogP) is 4.91. The smallest absolute Gasteiger partial charge is 0.204 e. The van der Waals surface area contributed by atoms with E-state index in [4.69, 9.17) is 9.15 Å². The van der Waals surface area contributed by atoms with Crippen LogP contribution in [0.2, 0.25) is 0 Å². The number of hydrogen-bond donors (Lipinski definition) is 1. The Morgan fingerprint density at radius 2 is 1.84 bits per heavy atom. The summed E-state index contributed by atoms with van der Waals surface area (Å²) in [5, 5.41) is 10.3. The number of aryl methyl sites for hydroxylation is 1. The minimum Gasteiger partial charge on any atom is -0.504 e. The van der Waals surface area contributed by atoms with Gasteiger partial charge in [0.15, 0.2) is 16.8 Å². The lowest BCUT2D eigenvalue weighted by Crippen LogP contribution is -2.01. The molecular formula is C21H22O4. The first-order valence-electron chi connectivity index (χ1n) is 8.57. The molecule has 2 aromatic carbocycles. The lowest BCUT2D eigenvalue weighted by atomic mass is 10.0. The second-order valence-corrected chi connectivity index (χ2v) is 6.12. The van der Waals surface area contributed by atoms with Crippen molar-refractivity contribution in [3.63, 3.8) is 0 Å². The Morgan fingerprint density at radius 1 is 1.08 bits per heavy atom. The van der Waals surface area contributed by atoms with Gasteiger partial charge in [0.05, 0.1) is 12.5 Å². The standard InChI is InChI=1S/C21H22O4/c1-3-4-5-6-14-7-9-15(10-8-14)19-13-18(23)16-11-12-17(22)21(24-2)20(16)25-19/h7-13,22H,3-6H2,1-2H3. The van der Waals surface area contributed by atoms with E-state index >= 15 is 0 Å². The molecule has 0 radical (unpaired) electrons. The summed E-state index contributed by atoms with van der Waals surface area (Å²) in [5.74, 6) is 0.579. The number of unbranched alkanes of at least 4 members (excludes halogenated alkanes) is 2. The van der Waals surface area contributed by atoms with Crippen LogP contribution in [-0.2, 0) is 6.42 Å². The molecule has 4 heteroatoms. The maximum Gasteiger partial charge on any atom is 0.204 e. The molecule has 1 heterocycles. The van der Waals surface area contributed by atoms with Crippen LogP contribution in [0.25, 0.3) is 22.3 Å². The summed E-state index contributed by atoms with van der Waals surface area (Å²) in [4.78, 5) is 12.4. The zero-order valence-electron chi connectivity index (χ0n) is 14.5. The molecule has 0 saturated heterocycles. The Balaban J connectivity index is 2.00. The van der Waals surface area contributed by atoms with Crippen LogP contribution < -0.4 is 10.2 Å². The van der Waals surface area contributed by atoms with E-state index in [1.54, 1.807) is 6.07 Å². The molecule has 0 aliphatic heterocycles. The van der Waals surface area contributed by atoms with E-state index in [2.05, 4.69) is 19.1 Å². The van der Waals surface area contributed by atoms with Crippen molar-refractivity contribution in [1.82, 2.24) is 0 Å². The fraction of sp³-hybridized carbons (Fsp3) is 0.286. The molecule has 25 heavy (non-hydrogen) atoms. The highest BCUT2D eigenvalue weighted by molar-refractivity contribution is 5.86. The first-order valence-corrected chi connectivity index (χ1v) is 8.57. The lowest BCUT2D eigenvalue weighted by molar-refractivity contribution is 0.371. The highest BCUT2D eigenvalue weighted by Crippen LogP contribution is 2.35. The van der Waals surface area contributed by atoms with Gasteiger partial charge in [-0.05, 0) is 30.5 Å². The Hall–Kier alpha value is -2.75. The van der Waals surface area contributed by atoms with E-state index in [0.29, 0.717) is 11.1 Å². The molecule has 4 nitrogen and oxygen atoms in total. The third-order valence-electron chi connectivity index (χ3n) is 4.34. The normalized spacial score (nSPS) is 11.0. The Bertz CT molecular complexity index is 923. The van der Waals surface area contributed by atoms with Crippen LogP contribution in [0.5, 0.6) is 11.5 Å². The fourth-order valence-corrected chi connectivity index (χ4v) is 2.94. The number of ether oxygens (including phenoxy) is 1. The molecular weight excluding hydrogens is 316 g/mol. The van der Waals surface area contributed by atoms with Crippen LogP contribution in [0.3, 0.4) is 0 Å². The second-order valence-electron chi connectivity index (χ2n) is 6.12. The van der Waals surface area contributed by atoms with E-state index in [1.165, 1.54) is 44.1 Å². The number of rotatable bonds is 6. The Labute approximate surface area is 146 Å². The van der Waals surface area contributed by atoms with Crippen LogP contribution in [0, 0.1) is 0 Å². The van der Waals surface area contributed by atoms with Gasteiger partial charge in [-0.2, -0.15) is 0 Å². The van der Waals surface area contributed by atoms with E-state index in [0.717, 1.165) is 12.0 Å². The maximum atomic E-state index is 12.4. The van der Waals surface area contributed by atoms with E-state index in [-0.39, 0.29) is 22.5 Å². The SMILES string of the molecule is CCCCCc1ccc(-c2cc(=O)c3ccc(O)c(OC)c3o2)cc1. The zero-order chi connectivity index (χ0) is 17.8. The number of fused-ring (bicyclic) bond motifs is 1. The summed E-state index contributed by atoms with van der Waals surface area (Å²) in [6, 6.07) is 12.5. The van der Waals surface area contributed by atoms with Crippen molar-refractivity contribution in [3.8, 4) is 22.8 Å². The molecule has 130 valence electrons. The van der Waals surface area contributed by atoms with Crippen molar-refractivity contribution >= 4 is 11.0 Å². The molecule has 1 N–H and O–H groups in total. The van der Waals surface area contributed by atoms with Gasteiger partial charge in [-0.15, -0.1) is 0 Å². The molecule has 0 fully saturated rings. The van der Waals surface area contributed by atoms with Crippen molar-refractivity contribution in [2.45, 2.75) is 32.6 Å². The molecule has 0 bridgehead atoms. The molecule has 3 rings (SSSR count). The van der Waals surface area contributed by atoms with Crippen LogP contribution >= 0.6 is 0 Å². The van der Waals surface area contributed by atoms with Crippen LogP contribution in [0.1, 0.15) is 31.7 Å². The van der Waals surface area contributed by atoms with Gasteiger partial charge in [-0.25, -0.2) is 0 Å². The summed E-state index contributed by atoms with van der Waals surface area (Å²) in [7, 11) is 1.44. The number of methoxy groups -OCH3 is 1. The topological polar surface area (TPSA) is 59.7 Å². The predicted molar refractivity (Wildman–Crippen MR) is 99.4 cm³/mol. The summed E-state index contributed by atoms with van der Waals surface area (Å²) in [5.41, 5.74) is 2.19. The average molecular weight is 338 g/mol. The fourth-order valence-electron chi connectivity index (χ4n) is 2.94. The zero-order valence-corrected chi connectivity index (χ0v) is 14.5. The number of phenolic OH excluding ortho intramolecular Hbond substituents is 1. The first kappa shape index (κ1) is 17.1. The lowest BCUT2D eigenvalue weighted by Gasteiger charge is -2.09. The largest absolute Gasteiger partial charge is 0.504 e. The number of phenols is 1. The first-order chi connectivity index (χ1) is 12.1. The summed E-state index contributed by atoms with van der Waals surface area (Å²) < 4.78 is 11.1. The maximum absolute atomic E-state index is 12.4. The van der Waals surface area contributed by atoms with Crippen molar-refractivity contribution in [1.29, 1.82) is 0 Å². The summed E-state index contributed by atoms with van der Waals surface area (Å²) in [6.45, 7) is 2.19. The minimum absolute atomic E-state index is 0.0541. The highest BCUT2D eigenvalue weighted by Gasteiger charge is 2.14. The number of benzene rings is 2. The summed E-state index contributed by atoms with van der Waals surface area (Å²) >= 11 is 0. The number of aromatic hydroxyl groups is 1. The van der Waals surface area contributed by atoms with Gasteiger partial charge in [0.1, 0.15) is 5.76 Å². The molecule has 3 aromatic rings. The Kier molecular flexibility index (Phi) is 5.08. The minimum atomic E-state index is -0.165. The van der Waals surface area contributed by atoms with Crippen molar-refractivity contribution in [3.05, 3.63) is 58.3 Å². The van der Waals surface area contributed by atoms with E-state index < -0.39 is 0 Å². The van der Waals surface area contributed by atoms with E-state index in [9.17, 15) is 9.90 Å². The van der Waals surface area contributed by atoms with Crippen LogP contribution in [0.4, 0.5) is 0 Å². The molecule has 0 aliphatic rings. The van der Waals surface area contributed by atoms with Crippen LogP contribution in [-0.4, -0.2) is 12.2 Å². The average Bonchev–Trinajstić information content (AvgIpc) is 2.62. The van der Waals surface area contributed by atoms with Gasteiger partial charge in [0, 0.05) is 11.6 Å². The number of hydrogen-bond acceptors (Lipinski definition) is 4. The van der Waals surface area contributed by atoms with Gasteiger partial charge in [0.25, 0.3) is 0 Å². The van der Waals surface area contributed by atoms with Gasteiger partial charge in [-0.1, -0.05) is 44.0 Å². The molecule has 0 unspecified atom stereocenters. The molecule has 1 aromatic heterocycles. The third kappa shape index (κ3) is 3.53. The monoisotopic (exact) mass is 338 g/mol. The van der Waals surface area contributed by atoms with Crippen molar-refractivity contribution < 1.29 is 14.3 Å².